The van der Waals surface area contributed by atoms with E-state index in [9.17, 15) is 4.79 Å². The molecule has 1 heterocycles. The topological polar surface area (TPSA) is 22.0 Å². The lowest BCUT2D eigenvalue weighted by Crippen LogP contribution is -2.21. The average molecular weight is 186 g/mol. The predicted octanol–water partition coefficient (Wildman–Crippen LogP) is 1.72. The molecule has 0 aliphatic carbocycles. The largest absolute Gasteiger partial charge is 0.315 e. The second-order valence-corrected chi connectivity index (χ2v) is 3.26. The molecule has 2 nitrogen and oxygen atoms in total. The molecule has 0 aromatic carbocycles. The first-order chi connectivity index (χ1) is 5.74. The van der Waals surface area contributed by atoms with Gasteiger partial charge in [0.05, 0.1) is 0 Å². The summed E-state index contributed by atoms with van der Waals surface area (Å²) in [6.45, 7) is 2.72. The second-order valence-electron chi connectivity index (χ2n) is 2.95. The first-order valence-electron chi connectivity index (χ1n) is 3.95. The van der Waals surface area contributed by atoms with Gasteiger partial charge >= 0.3 is 0 Å². The van der Waals surface area contributed by atoms with E-state index < -0.39 is 0 Å². The number of aromatic nitrogens is 1. The van der Waals surface area contributed by atoms with E-state index in [1.54, 1.807) is 22.9 Å². The maximum atomic E-state index is 11.2. The summed E-state index contributed by atoms with van der Waals surface area (Å²) >= 11 is 5.64. The third-order valence-electron chi connectivity index (χ3n) is 1.67. The van der Waals surface area contributed by atoms with E-state index in [-0.39, 0.29) is 5.56 Å². The van der Waals surface area contributed by atoms with Crippen molar-refractivity contribution in [2.24, 2.45) is 5.92 Å². The van der Waals surface area contributed by atoms with Crippen LogP contribution in [-0.2, 0) is 6.54 Å². The molecular weight excluding hydrogens is 174 g/mol. The van der Waals surface area contributed by atoms with Gasteiger partial charge in [-0.15, -0.1) is 11.6 Å². The van der Waals surface area contributed by atoms with Crippen LogP contribution in [0.4, 0.5) is 0 Å². The number of rotatable bonds is 3. The number of nitrogens with zero attached hydrogens (tertiary/aromatic N) is 1. The lowest BCUT2D eigenvalue weighted by molar-refractivity contribution is 0.516. The van der Waals surface area contributed by atoms with Gasteiger partial charge in [0.25, 0.3) is 5.56 Å². The van der Waals surface area contributed by atoms with Crippen molar-refractivity contribution in [1.82, 2.24) is 4.57 Å². The number of hydrogen-bond acceptors (Lipinski definition) is 1. The highest BCUT2D eigenvalue weighted by Crippen LogP contribution is 2.00. The standard InChI is InChI=1S/C9H12ClNO/c1-8(6-10)7-11-5-3-2-4-9(11)12/h2-5,8H,6-7H2,1H3. The fraction of sp³-hybridized carbons (Fsp3) is 0.444. The van der Waals surface area contributed by atoms with Gasteiger partial charge in [-0.05, 0) is 12.0 Å². The lowest BCUT2D eigenvalue weighted by atomic mass is 10.2. The molecule has 12 heavy (non-hydrogen) atoms. The van der Waals surface area contributed by atoms with Crippen molar-refractivity contribution in [3.8, 4) is 0 Å². The Morgan fingerprint density at radius 3 is 2.92 bits per heavy atom. The Hall–Kier alpha value is -0.760. The molecule has 1 rings (SSSR count). The van der Waals surface area contributed by atoms with Crippen molar-refractivity contribution in [2.75, 3.05) is 5.88 Å². The highest BCUT2D eigenvalue weighted by molar-refractivity contribution is 6.18. The monoisotopic (exact) mass is 185 g/mol. The molecule has 0 aliphatic rings. The maximum absolute atomic E-state index is 11.2. The molecule has 3 heteroatoms. The van der Waals surface area contributed by atoms with Crippen LogP contribution >= 0.6 is 11.6 Å². The van der Waals surface area contributed by atoms with E-state index in [0.29, 0.717) is 18.3 Å². The van der Waals surface area contributed by atoms with Crippen LogP contribution in [0.5, 0.6) is 0 Å². The van der Waals surface area contributed by atoms with Gasteiger partial charge in [0, 0.05) is 24.7 Å². The third-order valence-corrected chi connectivity index (χ3v) is 2.20. The summed E-state index contributed by atoms with van der Waals surface area (Å²) in [5.74, 6) is 0.924. The fourth-order valence-electron chi connectivity index (χ4n) is 0.996. The highest BCUT2D eigenvalue weighted by Gasteiger charge is 2.01. The molecule has 0 N–H and O–H groups in total. The van der Waals surface area contributed by atoms with Gasteiger partial charge < -0.3 is 4.57 Å². The highest BCUT2D eigenvalue weighted by atomic mass is 35.5. The molecule has 0 spiro atoms. The molecule has 66 valence electrons. The molecule has 1 unspecified atom stereocenters. The lowest BCUT2D eigenvalue weighted by Gasteiger charge is -2.08. The summed E-state index contributed by atoms with van der Waals surface area (Å²) in [7, 11) is 0. The molecule has 0 saturated heterocycles. The molecule has 1 atom stereocenters. The van der Waals surface area contributed by atoms with E-state index in [1.165, 1.54) is 0 Å². The summed E-state index contributed by atoms with van der Waals surface area (Å²) in [5, 5.41) is 0. The molecule has 0 bridgehead atoms. The Labute approximate surface area is 76.8 Å². The Bertz CT molecular complexity index is 295. The van der Waals surface area contributed by atoms with Gasteiger partial charge in [0.1, 0.15) is 0 Å². The first kappa shape index (κ1) is 9.33. The van der Waals surface area contributed by atoms with E-state index >= 15 is 0 Å². The van der Waals surface area contributed by atoms with E-state index in [1.807, 2.05) is 13.0 Å². The van der Waals surface area contributed by atoms with Crippen molar-refractivity contribution < 1.29 is 0 Å². The fourth-order valence-corrected chi connectivity index (χ4v) is 1.09. The van der Waals surface area contributed by atoms with Crippen LogP contribution in [0.2, 0.25) is 0 Å². The minimum atomic E-state index is 0.0365. The summed E-state index contributed by atoms with van der Waals surface area (Å²) < 4.78 is 1.67. The molecule has 0 saturated carbocycles. The van der Waals surface area contributed by atoms with E-state index in [0.717, 1.165) is 0 Å². The zero-order chi connectivity index (χ0) is 8.97. The van der Waals surface area contributed by atoms with Crippen LogP contribution in [0.3, 0.4) is 0 Å². The van der Waals surface area contributed by atoms with Crippen LogP contribution in [0, 0.1) is 5.92 Å². The Morgan fingerprint density at radius 1 is 1.58 bits per heavy atom. The summed E-state index contributed by atoms with van der Waals surface area (Å²) in [6, 6.07) is 5.15. The molecule has 0 fully saturated rings. The van der Waals surface area contributed by atoms with Crippen LogP contribution in [0.25, 0.3) is 0 Å². The SMILES string of the molecule is CC(CCl)Cn1ccccc1=O. The zero-order valence-electron chi connectivity index (χ0n) is 7.03. The average Bonchev–Trinajstić information content (AvgIpc) is 2.09. The third kappa shape index (κ3) is 2.38. The Kier molecular flexibility index (Phi) is 3.35. The maximum Gasteiger partial charge on any atom is 0.250 e. The molecule has 0 radical (unpaired) electrons. The molecule has 0 aliphatic heterocycles. The van der Waals surface area contributed by atoms with Crippen LogP contribution in [0.1, 0.15) is 6.92 Å². The summed E-state index contributed by atoms with van der Waals surface area (Å²) in [4.78, 5) is 11.2. The predicted molar refractivity (Wildman–Crippen MR) is 50.6 cm³/mol. The molecular formula is C9H12ClNO. The summed E-state index contributed by atoms with van der Waals surface area (Å²) in [5.41, 5.74) is 0.0365. The van der Waals surface area contributed by atoms with E-state index in [2.05, 4.69) is 0 Å². The van der Waals surface area contributed by atoms with Crippen molar-refractivity contribution >= 4 is 11.6 Å². The van der Waals surface area contributed by atoms with Crippen LogP contribution in [-0.4, -0.2) is 10.4 Å². The van der Waals surface area contributed by atoms with Crippen molar-refractivity contribution in [2.45, 2.75) is 13.5 Å². The second kappa shape index (κ2) is 4.31. The van der Waals surface area contributed by atoms with Crippen LogP contribution in [0.15, 0.2) is 29.2 Å². The Balaban J connectivity index is 2.76. The molecule has 0 amide bonds. The quantitative estimate of drug-likeness (QED) is 0.658. The van der Waals surface area contributed by atoms with Gasteiger partial charge in [0.2, 0.25) is 0 Å². The number of pyridine rings is 1. The number of halogens is 1. The molecule has 1 aromatic heterocycles. The van der Waals surface area contributed by atoms with Gasteiger partial charge in [0.15, 0.2) is 0 Å². The van der Waals surface area contributed by atoms with Gasteiger partial charge in [-0.2, -0.15) is 0 Å². The van der Waals surface area contributed by atoms with Crippen molar-refractivity contribution in [3.05, 3.63) is 34.7 Å². The van der Waals surface area contributed by atoms with Gasteiger partial charge in [-0.25, -0.2) is 0 Å². The smallest absolute Gasteiger partial charge is 0.250 e. The van der Waals surface area contributed by atoms with Gasteiger partial charge in [-0.3, -0.25) is 4.79 Å². The zero-order valence-corrected chi connectivity index (χ0v) is 7.79. The summed E-state index contributed by atoms with van der Waals surface area (Å²) in [6.07, 6.45) is 1.78. The minimum absolute atomic E-state index is 0.0365. The van der Waals surface area contributed by atoms with Crippen molar-refractivity contribution in [3.63, 3.8) is 0 Å². The Morgan fingerprint density at radius 2 is 2.33 bits per heavy atom. The van der Waals surface area contributed by atoms with Crippen molar-refractivity contribution in [1.29, 1.82) is 0 Å². The van der Waals surface area contributed by atoms with E-state index in [4.69, 9.17) is 11.6 Å². The van der Waals surface area contributed by atoms with Crippen LogP contribution < -0.4 is 5.56 Å². The molecule has 1 aromatic rings. The number of hydrogen-bond donors (Lipinski definition) is 0. The van der Waals surface area contributed by atoms with Gasteiger partial charge in [-0.1, -0.05) is 13.0 Å². The number of alkyl halides is 1. The normalized spacial score (nSPS) is 12.8. The first-order valence-corrected chi connectivity index (χ1v) is 4.49. The minimum Gasteiger partial charge on any atom is -0.315 e.